The first kappa shape index (κ1) is 26.7. The van der Waals surface area contributed by atoms with Crippen LogP contribution in [0.1, 0.15) is 0 Å². The number of benzene rings is 8. The molecule has 0 aliphatic carbocycles. The van der Waals surface area contributed by atoms with Crippen LogP contribution in [0.4, 0.5) is 0 Å². The first-order chi connectivity index (χ1) is 23.8. The van der Waals surface area contributed by atoms with Crippen molar-refractivity contribution < 1.29 is 0 Å². The summed E-state index contributed by atoms with van der Waals surface area (Å²) in [5, 5.41) is 13.5. The highest BCUT2D eigenvalue weighted by atomic mass is 15.3. The van der Waals surface area contributed by atoms with Gasteiger partial charge >= 0.3 is 0 Å². The van der Waals surface area contributed by atoms with Crippen LogP contribution in [0.15, 0.2) is 176 Å². The summed E-state index contributed by atoms with van der Waals surface area (Å²) in [6, 6.07) is 61.2. The molecule has 0 saturated heterocycles. The van der Waals surface area contributed by atoms with E-state index in [0.717, 1.165) is 27.8 Å². The molecule has 0 aliphatic heterocycles. The molecule has 2 heterocycles. The normalized spacial score (nSPS) is 11.8. The minimum Gasteiger partial charge on any atom is -0.309 e. The molecule has 3 nitrogen and oxygen atoms in total. The SMILES string of the molecule is c1ccc(-c2cc(-c3ccccc3)cc(-n3c4cc5ccc6ccccc6c5cc4c4c5cnn(-c6ccccc6)c5ccc43)c2)cc1. The molecule has 10 aromatic rings. The molecule has 3 heteroatoms. The van der Waals surface area contributed by atoms with Crippen molar-refractivity contribution in [2.45, 2.75) is 0 Å². The topological polar surface area (TPSA) is 22.8 Å². The Kier molecular flexibility index (Phi) is 5.87. The highest BCUT2D eigenvalue weighted by molar-refractivity contribution is 6.24. The monoisotopic (exact) mass is 611 g/mol. The van der Waals surface area contributed by atoms with E-state index in [1.807, 2.05) is 12.3 Å². The van der Waals surface area contributed by atoms with Gasteiger partial charge in [0.2, 0.25) is 0 Å². The van der Waals surface area contributed by atoms with Gasteiger partial charge in [0.1, 0.15) is 0 Å². The molecule has 0 unspecified atom stereocenters. The second-order valence-electron chi connectivity index (χ2n) is 12.5. The van der Waals surface area contributed by atoms with Crippen LogP contribution in [-0.4, -0.2) is 14.3 Å². The summed E-state index contributed by atoms with van der Waals surface area (Å²) in [6.45, 7) is 0. The van der Waals surface area contributed by atoms with E-state index in [0.29, 0.717) is 0 Å². The van der Waals surface area contributed by atoms with Crippen LogP contribution in [0.5, 0.6) is 0 Å². The van der Waals surface area contributed by atoms with Crippen LogP contribution in [0.25, 0.3) is 87.9 Å². The van der Waals surface area contributed by atoms with Gasteiger partial charge in [0.05, 0.1) is 28.4 Å². The maximum Gasteiger partial charge on any atom is 0.0748 e. The minimum atomic E-state index is 1.05. The van der Waals surface area contributed by atoms with Gasteiger partial charge in [-0.2, -0.15) is 5.10 Å². The van der Waals surface area contributed by atoms with E-state index in [4.69, 9.17) is 5.10 Å². The van der Waals surface area contributed by atoms with Crippen LogP contribution in [0.3, 0.4) is 0 Å². The molecule has 0 N–H and O–H groups in total. The van der Waals surface area contributed by atoms with E-state index in [9.17, 15) is 0 Å². The number of hydrogen-bond donors (Lipinski definition) is 0. The largest absolute Gasteiger partial charge is 0.309 e. The Bertz CT molecular complexity index is 2750. The average molecular weight is 612 g/mol. The molecule has 0 amide bonds. The van der Waals surface area contributed by atoms with Gasteiger partial charge in [-0.1, -0.05) is 115 Å². The molecule has 224 valence electrons. The van der Waals surface area contributed by atoms with E-state index in [-0.39, 0.29) is 0 Å². The zero-order chi connectivity index (χ0) is 31.6. The average Bonchev–Trinajstić information content (AvgIpc) is 3.74. The number of fused-ring (bicyclic) bond motifs is 8. The molecule has 10 rings (SSSR count). The van der Waals surface area contributed by atoms with Crippen molar-refractivity contribution in [3.63, 3.8) is 0 Å². The van der Waals surface area contributed by atoms with E-state index in [2.05, 4.69) is 173 Å². The summed E-state index contributed by atoms with van der Waals surface area (Å²) in [4.78, 5) is 0. The number of aromatic nitrogens is 3. The van der Waals surface area contributed by atoms with Crippen molar-refractivity contribution in [3.8, 4) is 33.6 Å². The lowest BCUT2D eigenvalue weighted by Crippen LogP contribution is -1.97. The quantitative estimate of drug-likeness (QED) is 0.182. The molecule has 2 aromatic heterocycles. The number of para-hydroxylation sites is 1. The van der Waals surface area contributed by atoms with Crippen molar-refractivity contribution in [2.24, 2.45) is 0 Å². The molecule has 8 aromatic carbocycles. The third kappa shape index (κ3) is 4.11. The van der Waals surface area contributed by atoms with Crippen molar-refractivity contribution in [3.05, 3.63) is 176 Å². The van der Waals surface area contributed by atoms with Crippen molar-refractivity contribution in [1.29, 1.82) is 0 Å². The van der Waals surface area contributed by atoms with Gasteiger partial charge in [-0.3, -0.25) is 0 Å². The first-order valence-corrected chi connectivity index (χ1v) is 16.4. The molecule has 0 fully saturated rings. The summed E-state index contributed by atoms with van der Waals surface area (Å²) in [5.41, 5.74) is 10.4. The Hall–Kier alpha value is -6.45. The highest BCUT2D eigenvalue weighted by Gasteiger charge is 2.20. The Morgan fingerprint density at radius 1 is 0.354 bits per heavy atom. The van der Waals surface area contributed by atoms with E-state index in [1.165, 1.54) is 60.1 Å². The fraction of sp³-hybridized carbons (Fsp3) is 0. The summed E-state index contributed by atoms with van der Waals surface area (Å²) in [5.74, 6) is 0. The predicted molar refractivity (Wildman–Crippen MR) is 201 cm³/mol. The van der Waals surface area contributed by atoms with Crippen molar-refractivity contribution in [2.75, 3.05) is 0 Å². The van der Waals surface area contributed by atoms with Gasteiger partial charge in [0.25, 0.3) is 0 Å². The summed E-state index contributed by atoms with van der Waals surface area (Å²) < 4.78 is 4.51. The Morgan fingerprint density at radius 3 is 1.71 bits per heavy atom. The first-order valence-electron chi connectivity index (χ1n) is 16.4. The minimum absolute atomic E-state index is 1.05. The van der Waals surface area contributed by atoms with E-state index in [1.54, 1.807) is 0 Å². The molecule has 0 saturated carbocycles. The van der Waals surface area contributed by atoms with Gasteiger partial charge in [-0.25, -0.2) is 4.68 Å². The smallest absolute Gasteiger partial charge is 0.0748 e. The van der Waals surface area contributed by atoms with Gasteiger partial charge < -0.3 is 4.57 Å². The number of hydrogen-bond acceptors (Lipinski definition) is 1. The fourth-order valence-electron chi connectivity index (χ4n) is 7.51. The van der Waals surface area contributed by atoms with Gasteiger partial charge in [-0.15, -0.1) is 0 Å². The summed E-state index contributed by atoms with van der Waals surface area (Å²) in [6.07, 6.45) is 2.04. The molecule has 0 bridgehead atoms. The highest BCUT2D eigenvalue weighted by Crippen LogP contribution is 2.42. The van der Waals surface area contributed by atoms with Crippen molar-refractivity contribution >= 4 is 54.3 Å². The van der Waals surface area contributed by atoms with Crippen LogP contribution < -0.4 is 0 Å². The van der Waals surface area contributed by atoms with E-state index < -0.39 is 0 Å². The maximum atomic E-state index is 4.93. The zero-order valence-corrected chi connectivity index (χ0v) is 26.1. The fourth-order valence-corrected chi connectivity index (χ4v) is 7.51. The Labute approximate surface area is 277 Å². The van der Waals surface area contributed by atoms with Crippen molar-refractivity contribution in [1.82, 2.24) is 14.3 Å². The Balaban J connectivity index is 1.34. The molecular weight excluding hydrogens is 583 g/mol. The van der Waals surface area contributed by atoms with Gasteiger partial charge in [0.15, 0.2) is 0 Å². The van der Waals surface area contributed by atoms with Crippen LogP contribution >= 0.6 is 0 Å². The predicted octanol–water partition coefficient (Wildman–Crippen LogP) is 11.8. The lowest BCUT2D eigenvalue weighted by molar-refractivity contribution is 0.911. The third-order valence-corrected chi connectivity index (χ3v) is 9.73. The van der Waals surface area contributed by atoms with Crippen LogP contribution in [0, 0.1) is 0 Å². The molecule has 0 aliphatic rings. The maximum absolute atomic E-state index is 4.93. The zero-order valence-electron chi connectivity index (χ0n) is 26.1. The standard InChI is InChI=1S/C45H29N3/c1-4-12-30(13-5-1)34-24-35(31-14-6-2-7-15-31)26-37(25-34)47-43-23-22-42-41(29-46-48(42)36-17-8-3-9-18-36)45(43)40-28-39-33(27-44(40)47)21-20-32-16-10-11-19-38(32)39/h1-29H. The molecular formula is C45H29N3. The van der Waals surface area contributed by atoms with Gasteiger partial charge in [0, 0.05) is 21.8 Å². The molecule has 48 heavy (non-hydrogen) atoms. The van der Waals surface area contributed by atoms with Gasteiger partial charge in [-0.05, 0) is 98.4 Å². The van der Waals surface area contributed by atoms with Crippen LogP contribution in [0.2, 0.25) is 0 Å². The Morgan fingerprint density at radius 2 is 0.979 bits per heavy atom. The van der Waals surface area contributed by atoms with Crippen LogP contribution in [-0.2, 0) is 0 Å². The molecule has 0 radical (unpaired) electrons. The lowest BCUT2D eigenvalue weighted by Gasteiger charge is -2.14. The second-order valence-corrected chi connectivity index (χ2v) is 12.5. The molecule has 0 atom stereocenters. The number of rotatable bonds is 4. The second kappa shape index (κ2) is 10.5. The summed E-state index contributed by atoms with van der Waals surface area (Å²) >= 11 is 0. The molecule has 0 spiro atoms. The number of nitrogens with zero attached hydrogens (tertiary/aromatic N) is 3. The third-order valence-electron chi connectivity index (χ3n) is 9.73. The lowest BCUT2D eigenvalue weighted by atomic mass is 9.97. The summed E-state index contributed by atoms with van der Waals surface area (Å²) in [7, 11) is 0. The van der Waals surface area contributed by atoms with E-state index >= 15 is 0 Å².